The number of benzene rings is 1. The van der Waals surface area contributed by atoms with Crippen LogP contribution in [0.15, 0.2) is 18.2 Å². The molecule has 3 N–H and O–H groups in total. The molecular weight excluding hydrogens is 258 g/mol. The van der Waals surface area contributed by atoms with E-state index in [2.05, 4.69) is 5.32 Å². The molecule has 20 heavy (non-hydrogen) atoms. The monoisotopic (exact) mass is 279 g/mol. The van der Waals surface area contributed by atoms with Gasteiger partial charge < -0.3 is 11.1 Å². The fraction of sp³-hybridized carbons (Fsp3) is 0.500. The lowest BCUT2D eigenvalue weighted by Gasteiger charge is -2.17. The molecule has 6 heteroatoms. The van der Waals surface area contributed by atoms with Crippen LogP contribution in [0.2, 0.25) is 0 Å². The maximum Gasteiger partial charge on any atom is 0.269 e. The molecule has 0 aliphatic heterocycles. The van der Waals surface area contributed by atoms with Gasteiger partial charge in [-0.05, 0) is 30.9 Å². The molecule has 1 aromatic rings. The molecule has 1 atom stereocenters. The topological polar surface area (TPSA) is 98.3 Å². The summed E-state index contributed by atoms with van der Waals surface area (Å²) in [4.78, 5) is 22.3. The first-order chi connectivity index (χ1) is 9.35. The van der Waals surface area contributed by atoms with Crippen LogP contribution in [0.25, 0.3) is 0 Å². The van der Waals surface area contributed by atoms with Gasteiger partial charge in [0.25, 0.3) is 5.69 Å². The van der Waals surface area contributed by atoms with Crippen molar-refractivity contribution in [2.24, 2.45) is 17.6 Å². The Morgan fingerprint density at radius 3 is 2.55 bits per heavy atom. The van der Waals surface area contributed by atoms with Gasteiger partial charge in [0.05, 0.1) is 10.8 Å². The maximum atomic E-state index is 12.1. The fourth-order valence-electron chi connectivity index (χ4n) is 2.02. The molecule has 6 nitrogen and oxygen atoms in total. The summed E-state index contributed by atoms with van der Waals surface area (Å²) in [7, 11) is 0. The third kappa shape index (κ3) is 4.31. The summed E-state index contributed by atoms with van der Waals surface area (Å²) >= 11 is 0. The third-order valence-corrected chi connectivity index (χ3v) is 3.09. The second-order valence-corrected chi connectivity index (χ2v) is 5.31. The summed E-state index contributed by atoms with van der Waals surface area (Å²) in [5.74, 6) is -0.00463. The van der Waals surface area contributed by atoms with Crippen LogP contribution >= 0.6 is 0 Å². The molecule has 0 fully saturated rings. The Morgan fingerprint density at radius 1 is 1.45 bits per heavy atom. The van der Waals surface area contributed by atoms with E-state index in [0.717, 1.165) is 0 Å². The minimum absolute atomic E-state index is 0.0121. The van der Waals surface area contributed by atoms with Crippen molar-refractivity contribution in [3.8, 4) is 0 Å². The predicted molar refractivity (Wildman–Crippen MR) is 78.5 cm³/mol. The number of nitro benzene ring substituents is 1. The number of rotatable bonds is 6. The lowest BCUT2D eigenvalue weighted by molar-refractivity contribution is -0.384. The van der Waals surface area contributed by atoms with Gasteiger partial charge in [0.1, 0.15) is 0 Å². The number of nitrogens with one attached hydrogen (secondary N) is 1. The number of hydrogen-bond donors (Lipinski definition) is 2. The summed E-state index contributed by atoms with van der Waals surface area (Å²) in [6.07, 6.45) is 0.717. The van der Waals surface area contributed by atoms with E-state index in [4.69, 9.17) is 5.73 Å². The van der Waals surface area contributed by atoms with Crippen molar-refractivity contribution >= 4 is 17.3 Å². The zero-order valence-corrected chi connectivity index (χ0v) is 12.1. The van der Waals surface area contributed by atoms with E-state index < -0.39 is 4.92 Å². The first-order valence-electron chi connectivity index (χ1n) is 6.61. The number of amides is 1. The van der Waals surface area contributed by atoms with Gasteiger partial charge in [0.2, 0.25) is 5.91 Å². The van der Waals surface area contributed by atoms with E-state index in [1.807, 2.05) is 13.8 Å². The molecule has 0 aliphatic carbocycles. The first kappa shape index (κ1) is 16.1. The minimum Gasteiger partial charge on any atom is -0.330 e. The Labute approximate surface area is 118 Å². The Balaban J connectivity index is 2.82. The number of carbonyl (C=O) groups excluding carboxylic acids is 1. The fourth-order valence-corrected chi connectivity index (χ4v) is 2.02. The summed E-state index contributed by atoms with van der Waals surface area (Å²) < 4.78 is 0. The average Bonchev–Trinajstić information content (AvgIpc) is 2.37. The van der Waals surface area contributed by atoms with Crippen molar-refractivity contribution in [1.29, 1.82) is 0 Å². The molecule has 1 amide bonds. The standard InChI is InChI=1S/C14H21N3O3/c1-9(2)6-11(8-15)14(18)16-13-5-4-12(17(19)20)7-10(13)3/h4-5,7,9,11H,6,8,15H2,1-3H3,(H,16,18). The highest BCUT2D eigenvalue weighted by molar-refractivity contribution is 5.93. The van der Waals surface area contributed by atoms with Crippen LogP contribution < -0.4 is 11.1 Å². The van der Waals surface area contributed by atoms with Crippen LogP contribution in [0, 0.1) is 28.9 Å². The van der Waals surface area contributed by atoms with E-state index in [1.165, 1.54) is 12.1 Å². The van der Waals surface area contributed by atoms with Gasteiger partial charge >= 0.3 is 0 Å². The molecule has 0 saturated carbocycles. The van der Waals surface area contributed by atoms with E-state index in [-0.39, 0.29) is 24.1 Å². The molecule has 0 spiro atoms. The number of nitro groups is 1. The Hall–Kier alpha value is -1.95. The lowest BCUT2D eigenvalue weighted by atomic mass is 9.96. The zero-order valence-electron chi connectivity index (χ0n) is 12.1. The van der Waals surface area contributed by atoms with Crippen molar-refractivity contribution in [2.75, 3.05) is 11.9 Å². The van der Waals surface area contributed by atoms with Gasteiger partial charge in [0.15, 0.2) is 0 Å². The normalized spacial score (nSPS) is 12.2. The predicted octanol–water partition coefficient (Wildman–Crippen LogP) is 2.46. The number of nitrogens with two attached hydrogens (primary N) is 1. The van der Waals surface area contributed by atoms with Crippen LogP contribution in [0.5, 0.6) is 0 Å². The largest absolute Gasteiger partial charge is 0.330 e. The third-order valence-electron chi connectivity index (χ3n) is 3.09. The molecule has 1 unspecified atom stereocenters. The van der Waals surface area contributed by atoms with Crippen LogP contribution in [0.1, 0.15) is 25.8 Å². The average molecular weight is 279 g/mol. The summed E-state index contributed by atoms with van der Waals surface area (Å²) in [6, 6.07) is 4.37. The number of carbonyl (C=O) groups is 1. The van der Waals surface area contributed by atoms with Crippen LogP contribution in [-0.2, 0) is 4.79 Å². The highest BCUT2D eigenvalue weighted by Gasteiger charge is 2.19. The number of anilines is 1. The smallest absolute Gasteiger partial charge is 0.269 e. The van der Waals surface area contributed by atoms with Gasteiger partial charge in [-0.1, -0.05) is 13.8 Å². The summed E-state index contributed by atoms with van der Waals surface area (Å²) in [5.41, 5.74) is 6.89. The number of nitrogens with zero attached hydrogens (tertiary/aromatic N) is 1. The maximum absolute atomic E-state index is 12.1. The second kappa shape index (κ2) is 7.00. The summed E-state index contributed by atoms with van der Waals surface area (Å²) in [5, 5.41) is 13.5. The van der Waals surface area contributed by atoms with E-state index in [9.17, 15) is 14.9 Å². The van der Waals surface area contributed by atoms with Crippen LogP contribution in [0.3, 0.4) is 0 Å². The second-order valence-electron chi connectivity index (χ2n) is 5.31. The van der Waals surface area contributed by atoms with E-state index in [1.54, 1.807) is 13.0 Å². The van der Waals surface area contributed by atoms with Gasteiger partial charge in [-0.25, -0.2) is 0 Å². The molecule has 1 rings (SSSR count). The van der Waals surface area contributed by atoms with E-state index in [0.29, 0.717) is 23.6 Å². The Kier molecular flexibility index (Phi) is 5.64. The molecule has 1 aromatic carbocycles. The molecule has 110 valence electrons. The zero-order chi connectivity index (χ0) is 15.3. The number of aryl methyl sites for hydroxylation is 1. The van der Waals surface area contributed by atoms with E-state index >= 15 is 0 Å². The molecule has 0 heterocycles. The first-order valence-corrected chi connectivity index (χ1v) is 6.61. The van der Waals surface area contributed by atoms with Crippen molar-refractivity contribution in [1.82, 2.24) is 0 Å². The molecular formula is C14H21N3O3. The SMILES string of the molecule is Cc1cc([N+](=O)[O-])ccc1NC(=O)C(CN)CC(C)C. The number of non-ortho nitro benzene ring substituents is 1. The van der Waals surface area contributed by atoms with Gasteiger partial charge in [-0.15, -0.1) is 0 Å². The molecule has 0 aromatic heterocycles. The Bertz CT molecular complexity index is 500. The van der Waals surface area contributed by atoms with Gasteiger partial charge in [-0.3, -0.25) is 14.9 Å². The minimum atomic E-state index is -0.458. The van der Waals surface area contributed by atoms with Crippen molar-refractivity contribution in [3.05, 3.63) is 33.9 Å². The number of hydrogen-bond acceptors (Lipinski definition) is 4. The van der Waals surface area contributed by atoms with Crippen LogP contribution in [0.4, 0.5) is 11.4 Å². The Morgan fingerprint density at radius 2 is 2.10 bits per heavy atom. The molecule has 0 saturated heterocycles. The van der Waals surface area contributed by atoms with Gasteiger partial charge in [-0.2, -0.15) is 0 Å². The van der Waals surface area contributed by atoms with Crippen LogP contribution in [-0.4, -0.2) is 17.4 Å². The lowest BCUT2D eigenvalue weighted by Crippen LogP contribution is -2.30. The molecule has 0 bridgehead atoms. The van der Waals surface area contributed by atoms with Crippen molar-refractivity contribution in [2.45, 2.75) is 27.2 Å². The molecule has 0 aliphatic rings. The van der Waals surface area contributed by atoms with Crippen molar-refractivity contribution < 1.29 is 9.72 Å². The quantitative estimate of drug-likeness (QED) is 0.617. The van der Waals surface area contributed by atoms with Crippen molar-refractivity contribution in [3.63, 3.8) is 0 Å². The molecule has 0 radical (unpaired) electrons. The van der Waals surface area contributed by atoms with Gasteiger partial charge in [0, 0.05) is 24.4 Å². The highest BCUT2D eigenvalue weighted by Crippen LogP contribution is 2.22. The highest BCUT2D eigenvalue weighted by atomic mass is 16.6. The summed E-state index contributed by atoms with van der Waals surface area (Å²) in [6.45, 7) is 6.08.